The fraction of sp³-hybridized carbons (Fsp3) is 0.600. The molecular weight excluding hydrogens is 208 g/mol. The van der Waals surface area contributed by atoms with E-state index in [-0.39, 0.29) is 5.41 Å². The monoisotopic (exact) mass is 234 g/mol. The highest BCUT2D eigenvalue weighted by Crippen LogP contribution is 2.24. The average Bonchev–Trinajstić information content (AvgIpc) is 2.26. The predicted octanol–water partition coefficient (Wildman–Crippen LogP) is 2.68. The lowest BCUT2D eigenvalue weighted by Gasteiger charge is -2.21. The van der Waals surface area contributed by atoms with Crippen molar-refractivity contribution in [3.8, 4) is 0 Å². The van der Waals surface area contributed by atoms with Crippen molar-refractivity contribution in [3.63, 3.8) is 0 Å². The number of nitrogens with two attached hydrogens (primary N) is 1. The van der Waals surface area contributed by atoms with E-state index in [2.05, 4.69) is 57.8 Å². The highest BCUT2D eigenvalue weighted by molar-refractivity contribution is 5.34. The van der Waals surface area contributed by atoms with Crippen LogP contribution in [0.5, 0.6) is 0 Å². The molecule has 0 aliphatic heterocycles. The molecule has 96 valence electrons. The number of hydrogen-bond donors (Lipinski definition) is 1. The molecule has 0 fully saturated rings. The zero-order valence-electron chi connectivity index (χ0n) is 11.9. The number of benzene rings is 1. The third kappa shape index (κ3) is 4.14. The SMILES string of the molecule is Cc1ccc(C(C)(C)C)cc1CCN(C)CN. The minimum atomic E-state index is 0.224. The fourth-order valence-electron chi connectivity index (χ4n) is 1.81. The third-order valence-electron chi connectivity index (χ3n) is 3.29. The Bertz CT molecular complexity index is 364. The van der Waals surface area contributed by atoms with Crippen LogP contribution >= 0.6 is 0 Å². The van der Waals surface area contributed by atoms with Crippen LogP contribution in [0.2, 0.25) is 0 Å². The summed E-state index contributed by atoms with van der Waals surface area (Å²) >= 11 is 0. The summed E-state index contributed by atoms with van der Waals surface area (Å²) in [6.45, 7) is 10.6. The Morgan fingerprint density at radius 1 is 1.24 bits per heavy atom. The Morgan fingerprint density at radius 3 is 2.41 bits per heavy atom. The Balaban J connectivity index is 2.84. The van der Waals surface area contributed by atoms with Crippen LogP contribution < -0.4 is 5.73 Å². The molecule has 1 aromatic rings. The van der Waals surface area contributed by atoms with Gasteiger partial charge >= 0.3 is 0 Å². The van der Waals surface area contributed by atoms with Gasteiger partial charge in [-0.25, -0.2) is 0 Å². The van der Waals surface area contributed by atoms with Crippen LogP contribution in [-0.2, 0) is 11.8 Å². The van der Waals surface area contributed by atoms with Crippen molar-refractivity contribution in [3.05, 3.63) is 34.9 Å². The summed E-state index contributed by atoms with van der Waals surface area (Å²) in [5, 5.41) is 0. The van der Waals surface area contributed by atoms with Crippen molar-refractivity contribution in [1.82, 2.24) is 4.90 Å². The molecule has 0 saturated carbocycles. The van der Waals surface area contributed by atoms with Gasteiger partial charge in [-0.15, -0.1) is 0 Å². The van der Waals surface area contributed by atoms with Gasteiger partial charge in [-0.3, -0.25) is 4.90 Å². The molecular formula is C15H26N2. The first-order valence-corrected chi connectivity index (χ1v) is 6.33. The van der Waals surface area contributed by atoms with E-state index in [0.29, 0.717) is 6.67 Å². The average molecular weight is 234 g/mol. The van der Waals surface area contributed by atoms with E-state index in [1.807, 2.05) is 0 Å². The molecule has 0 amide bonds. The van der Waals surface area contributed by atoms with Gasteiger partial charge in [0.1, 0.15) is 0 Å². The number of likely N-dealkylation sites (N-methyl/N-ethyl adjacent to an activating group) is 1. The van der Waals surface area contributed by atoms with Crippen LogP contribution in [0.3, 0.4) is 0 Å². The molecule has 17 heavy (non-hydrogen) atoms. The van der Waals surface area contributed by atoms with E-state index in [4.69, 9.17) is 5.73 Å². The molecule has 2 N–H and O–H groups in total. The van der Waals surface area contributed by atoms with Gasteiger partial charge in [-0.05, 0) is 42.5 Å². The van der Waals surface area contributed by atoms with Crippen molar-refractivity contribution in [2.75, 3.05) is 20.3 Å². The normalized spacial score (nSPS) is 12.2. The van der Waals surface area contributed by atoms with Crippen molar-refractivity contribution in [2.24, 2.45) is 5.73 Å². The maximum Gasteiger partial charge on any atom is 0.0452 e. The quantitative estimate of drug-likeness (QED) is 0.812. The lowest BCUT2D eigenvalue weighted by molar-refractivity contribution is 0.349. The summed E-state index contributed by atoms with van der Waals surface area (Å²) in [7, 11) is 2.06. The summed E-state index contributed by atoms with van der Waals surface area (Å²) in [4.78, 5) is 2.14. The van der Waals surface area contributed by atoms with Crippen LogP contribution in [0.4, 0.5) is 0 Å². The molecule has 1 aromatic carbocycles. The van der Waals surface area contributed by atoms with E-state index >= 15 is 0 Å². The van der Waals surface area contributed by atoms with E-state index in [9.17, 15) is 0 Å². The predicted molar refractivity (Wildman–Crippen MR) is 75.3 cm³/mol. The third-order valence-corrected chi connectivity index (χ3v) is 3.29. The van der Waals surface area contributed by atoms with Crippen molar-refractivity contribution in [1.29, 1.82) is 0 Å². The molecule has 0 saturated heterocycles. The number of rotatable bonds is 4. The largest absolute Gasteiger partial charge is 0.318 e. The van der Waals surface area contributed by atoms with Crippen molar-refractivity contribution >= 4 is 0 Å². The minimum absolute atomic E-state index is 0.224. The van der Waals surface area contributed by atoms with Gasteiger partial charge in [-0.1, -0.05) is 39.0 Å². The van der Waals surface area contributed by atoms with Crippen LogP contribution in [0, 0.1) is 6.92 Å². The molecule has 0 aromatic heterocycles. The maximum absolute atomic E-state index is 5.60. The van der Waals surface area contributed by atoms with Gasteiger partial charge in [0.05, 0.1) is 0 Å². The molecule has 0 atom stereocenters. The molecule has 0 aliphatic carbocycles. The molecule has 0 aliphatic rings. The summed E-state index contributed by atoms with van der Waals surface area (Å²) in [6.07, 6.45) is 1.07. The first-order valence-electron chi connectivity index (χ1n) is 6.33. The van der Waals surface area contributed by atoms with Crippen LogP contribution in [-0.4, -0.2) is 25.2 Å². The van der Waals surface area contributed by atoms with Gasteiger partial charge in [0, 0.05) is 13.2 Å². The van der Waals surface area contributed by atoms with E-state index in [1.165, 1.54) is 16.7 Å². The summed E-state index contributed by atoms with van der Waals surface area (Å²) in [6, 6.07) is 6.82. The van der Waals surface area contributed by atoms with Gasteiger partial charge in [0.25, 0.3) is 0 Å². The molecule has 0 unspecified atom stereocenters. The topological polar surface area (TPSA) is 29.3 Å². The second kappa shape index (κ2) is 5.65. The highest BCUT2D eigenvalue weighted by atomic mass is 15.1. The summed E-state index contributed by atoms with van der Waals surface area (Å²) < 4.78 is 0. The molecule has 2 nitrogen and oxygen atoms in total. The first kappa shape index (κ1) is 14.2. The second-order valence-electron chi connectivity index (χ2n) is 5.90. The Morgan fingerprint density at radius 2 is 1.88 bits per heavy atom. The van der Waals surface area contributed by atoms with Crippen LogP contribution in [0.15, 0.2) is 18.2 Å². The number of hydrogen-bond acceptors (Lipinski definition) is 2. The maximum atomic E-state index is 5.60. The van der Waals surface area contributed by atoms with Crippen molar-refractivity contribution in [2.45, 2.75) is 39.5 Å². The van der Waals surface area contributed by atoms with Gasteiger partial charge in [0.15, 0.2) is 0 Å². The van der Waals surface area contributed by atoms with Crippen molar-refractivity contribution < 1.29 is 0 Å². The Labute approximate surface area is 106 Å². The lowest BCUT2D eigenvalue weighted by atomic mass is 9.85. The van der Waals surface area contributed by atoms with E-state index in [0.717, 1.165) is 13.0 Å². The van der Waals surface area contributed by atoms with Gasteiger partial charge in [-0.2, -0.15) is 0 Å². The molecule has 0 bridgehead atoms. The second-order valence-corrected chi connectivity index (χ2v) is 5.90. The molecule has 0 spiro atoms. The number of aryl methyl sites for hydroxylation is 1. The van der Waals surface area contributed by atoms with E-state index < -0.39 is 0 Å². The minimum Gasteiger partial charge on any atom is -0.318 e. The zero-order chi connectivity index (χ0) is 13.1. The van der Waals surface area contributed by atoms with Crippen LogP contribution in [0.25, 0.3) is 0 Å². The van der Waals surface area contributed by atoms with Gasteiger partial charge in [0.2, 0.25) is 0 Å². The first-order chi connectivity index (χ1) is 7.84. The Hall–Kier alpha value is -0.860. The number of nitrogens with zero attached hydrogens (tertiary/aromatic N) is 1. The zero-order valence-corrected chi connectivity index (χ0v) is 11.9. The molecule has 0 radical (unpaired) electrons. The smallest absolute Gasteiger partial charge is 0.0452 e. The molecule has 0 heterocycles. The fourth-order valence-corrected chi connectivity index (χ4v) is 1.81. The standard InChI is InChI=1S/C15H26N2/c1-12-6-7-14(15(2,3)4)10-13(12)8-9-17(5)11-16/h6-7,10H,8-9,11,16H2,1-5H3. The Kier molecular flexibility index (Phi) is 4.72. The molecule has 1 rings (SSSR count). The van der Waals surface area contributed by atoms with Crippen LogP contribution in [0.1, 0.15) is 37.5 Å². The van der Waals surface area contributed by atoms with Gasteiger partial charge < -0.3 is 5.73 Å². The highest BCUT2D eigenvalue weighted by Gasteiger charge is 2.14. The summed E-state index contributed by atoms with van der Waals surface area (Å²) in [5.74, 6) is 0. The summed E-state index contributed by atoms with van der Waals surface area (Å²) in [5.41, 5.74) is 10.1. The van der Waals surface area contributed by atoms with E-state index in [1.54, 1.807) is 0 Å². The molecule has 2 heteroatoms. The lowest BCUT2D eigenvalue weighted by Crippen LogP contribution is -2.27.